The van der Waals surface area contributed by atoms with Crippen molar-refractivity contribution in [2.45, 2.75) is 52.4 Å². The minimum atomic E-state index is -0.391. The van der Waals surface area contributed by atoms with Gasteiger partial charge in [-0.2, -0.15) is 5.26 Å². The molecule has 0 radical (unpaired) electrons. The van der Waals surface area contributed by atoms with Crippen molar-refractivity contribution < 1.29 is 14.3 Å². The predicted molar refractivity (Wildman–Crippen MR) is 146 cm³/mol. The number of hydrogen-bond donors (Lipinski definition) is 2. The summed E-state index contributed by atoms with van der Waals surface area (Å²) in [5.41, 5.74) is 2.57. The Bertz CT molecular complexity index is 1240. The molecule has 0 fully saturated rings. The van der Waals surface area contributed by atoms with Crippen LogP contribution >= 0.6 is 23.1 Å². The molecule has 6 nitrogen and oxygen atoms in total. The molecule has 0 bridgehead atoms. The smallest absolute Gasteiger partial charge is 0.234 e. The van der Waals surface area contributed by atoms with Crippen LogP contribution < -0.4 is 15.4 Å². The first-order chi connectivity index (χ1) is 17.3. The molecule has 2 N–H and O–H groups in total. The molecule has 1 atom stereocenters. The van der Waals surface area contributed by atoms with Crippen LogP contribution in [0.5, 0.6) is 5.75 Å². The summed E-state index contributed by atoms with van der Waals surface area (Å²) in [5.74, 6) is 0.371. The van der Waals surface area contributed by atoms with E-state index in [0.29, 0.717) is 34.9 Å². The van der Waals surface area contributed by atoms with Crippen LogP contribution in [0.1, 0.15) is 57.2 Å². The number of benzene rings is 1. The Kier molecular flexibility index (Phi) is 8.22. The SMILES string of the molecule is CCCCOc1cccc(NC(=O)CSC2=C(C#N)C(c3cccs3)C3=C(CC(C)(C)CC3=O)N2)c1. The van der Waals surface area contributed by atoms with Gasteiger partial charge in [-0.25, -0.2) is 0 Å². The lowest BCUT2D eigenvalue weighted by Gasteiger charge is -2.38. The second-order valence-electron chi connectivity index (χ2n) is 9.83. The standard InChI is InChI=1S/C28H31N3O3S2/c1-4-5-11-34-19-9-6-8-18(13-19)30-24(33)17-36-27-20(16-29)25(23-10-7-12-35-23)26-21(31-27)14-28(2,3)15-22(26)32/h6-10,12-13,25,31H,4-5,11,14-15,17H2,1-3H3,(H,30,33). The number of hydrogen-bond acceptors (Lipinski definition) is 7. The summed E-state index contributed by atoms with van der Waals surface area (Å²) < 4.78 is 5.73. The molecule has 1 unspecified atom stereocenters. The van der Waals surface area contributed by atoms with E-state index in [2.05, 4.69) is 37.5 Å². The monoisotopic (exact) mass is 521 g/mol. The number of dihydropyridines is 1. The summed E-state index contributed by atoms with van der Waals surface area (Å²) in [5, 5.41) is 19.0. The van der Waals surface area contributed by atoms with Gasteiger partial charge in [-0.3, -0.25) is 9.59 Å². The van der Waals surface area contributed by atoms with Crippen molar-refractivity contribution >= 4 is 40.5 Å². The zero-order valence-corrected chi connectivity index (χ0v) is 22.5. The second kappa shape index (κ2) is 11.4. The number of ketones is 1. The van der Waals surface area contributed by atoms with Crippen molar-refractivity contribution in [1.29, 1.82) is 5.26 Å². The number of unbranched alkanes of at least 4 members (excludes halogenated alkanes) is 1. The Morgan fingerprint density at radius 2 is 2.14 bits per heavy atom. The van der Waals surface area contributed by atoms with E-state index in [0.717, 1.165) is 35.6 Å². The van der Waals surface area contributed by atoms with Crippen LogP contribution in [0.4, 0.5) is 5.69 Å². The first-order valence-electron chi connectivity index (χ1n) is 12.2. The third kappa shape index (κ3) is 6.03. The average Bonchev–Trinajstić information content (AvgIpc) is 3.36. The molecule has 188 valence electrons. The van der Waals surface area contributed by atoms with Gasteiger partial charge in [-0.1, -0.05) is 51.1 Å². The number of Topliss-reactive ketones (excluding diaryl/α,β-unsaturated/α-hetero) is 1. The minimum absolute atomic E-state index is 0.0859. The number of anilines is 1. The highest BCUT2D eigenvalue weighted by Gasteiger charge is 2.42. The number of amides is 1. The van der Waals surface area contributed by atoms with Crippen LogP contribution in [0.25, 0.3) is 0 Å². The number of allylic oxidation sites excluding steroid dienone is 3. The number of thioether (sulfide) groups is 1. The Morgan fingerprint density at radius 1 is 1.31 bits per heavy atom. The van der Waals surface area contributed by atoms with E-state index >= 15 is 0 Å². The molecule has 0 spiro atoms. The Morgan fingerprint density at radius 3 is 2.86 bits per heavy atom. The summed E-state index contributed by atoms with van der Waals surface area (Å²) in [4.78, 5) is 27.0. The highest BCUT2D eigenvalue weighted by Crippen LogP contribution is 2.48. The number of thiophene rings is 1. The van der Waals surface area contributed by atoms with Gasteiger partial charge in [0.2, 0.25) is 5.91 Å². The zero-order chi connectivity index (χ0) is 25.7. The van der Waals surface area contributed by atoms with Crippen molar-refractivity contribution in [3.63, 3.8) is 0 Å². The summed E-state index contributed by atoms with van der Waals surface area (Å²) in [6, 6.07) is 13.6. The van der Waals surface area contributed by atoms with Gasteiger partial charge < -0.3 is 15.4 Å². The predicted octanol–water partition coefficient (Wildman–Crippen LogP) is 6.36. The highest BCUT2D eigenvalue weighted by atomic mass is 32.2. The topological polar surface area (TPSA) is 91.2 Å². The molecule has 1 aromatic carbocycles. The first-order valence-corrected chi connectivity index (χ1v) is 14.0. The van der Waals surface area contributed by atoms with E-state index in [9.17, 15) is 14.9 Å². The van der Waals surface area contributed by atoms with E-state index in [4.69, 9.17) is 4.74 Å². The van der Waals surface area contributed by atoms with Gasteiger partial charge in [0.05, 0.1) is 34.9 Å². The number of carbonyl (C=O) groups excluding carboxylic acids is 2. The fraction of sp³-hybridized carbons (Fsp3) is 0.393. The molecule has 2 heterocycles. The molecule has 2 aromatic rings. The second-order valence-corrected chi connectivity index (χ2v) is 11.8. The lowest BCUT2D eigenvalue weighted by atomic mass is 9.70. The Balaban J connectivity index is 1.51. The number of ether oxygens (including phenoxy) is 1. The van der Waals surface area contributed by atoms with Gasteiger partial charge in [0, 0.05) is 34.3 Å². The van der Waals surface area contributed by atoms with Gasteiger partial charge in [0.1, 0.15) is 5.75 Å². The lowest BCUT2D eigenvalue weighted by molar-refractivity contribution is -0.118. The van der Waals surface area contributed by atoms with E-state index in [-0.39, 0.29) is 22.9 Å². The molecule has 1 amide bonds. The van der Waals surface area contributed by atoms with Gasteiger partial charge >= 0.3 is 0 Å². The minimum Gasteiger partial charge on any atom is -0.494 e. The Hall–Kier alpha value is -3.02. The van der Waals surface area contributed by atoms with E-state index < -0.39 is 5.92 Å². The maximum absolute atomic E-state index is 13.2. The number of nitrogens with zero attached hydrogens (tertiary/aromatic N) is 1. The van der Waals surface area contributed by atoms with Crippen LogP contribution in [-0.2, 0) is 9.59 Å². The molecule has 0 saturated heterocycles. The van der Waals surface area contributed by atoms with Crippen LogP contribution in [0.3, 0.4) is 0 Å². The fourth-order valence-electron chi connectivity index (χ4n) is 4.56. The third-order valence-corrected chi connectivity index (χ3v) is 8.14. The van der Waals surface area contributed by atoms with Gasteiger partial charge in [-0.15, -0.1) is 11.3 Å². The average molecular weight is 522 g/mol. The van der Waals surface area contributed by atoms with E-state index in [1.807, 2.05) is 41.8 Å². The lowest BCUT2D eigenvalue weighted by Crippen LogP contribution is -2.36. The van der Waals surface area contributed by atoms with Crippen molar-refractivity contribution in [3.05, 3.63) is 68.5 Å². The number of nitriles is 1. The summed E-state index contributed by atoms with van der Waals surface area (Å²) >= 11 is 2.84. The van der Waals surface area contributed by atoms with Gasteiger partial charge in [0.25, 0.3) is 0 Å². The number of carbonyl (C=O) groups is 2. The van der Waals surface area contributed by atoms with Gasteiger partial charge in [0.15, 0.2) is 5.78 Å². The molecule has 4 rings (SSSR count). The summed E-state index contributed by atoms with van der Waals surface area (Å²) in [6.07, 6.45) is 3.21. The molecular weight excluding hydrogens is 490 g/mol. The van der Waals surface area contributed by atoms with Crippen molar-refractivity contribution in [2.24, 2.45) is 5.41 Å². The summed E-state index contributed by atoms with van der Waals surface area (Å²) in [6.45, 7) is 6.92. The van der Waals surface area contributed by atoms with E-state index in [1.54, 1.807) is 11.3 Å². The van der Waals surface area contributed by atoms with E-state index in [1.165, 1.54) is 11.8 Å². The molecule has 1 aromatic heterocycles. The molecule has 2 aliphatic rings. The van der Waals surface area contributed by atoms with Crippen molar-refractivity contribution in [3.8, 4) is 11.8 Å². The zero-order valence-electron chi connectivity index (χ0n) is 20.8. The normalized spacial score (nSPS) is 18.8. The molecular formula is C28H31N3O3S2. The molecule has 1 aliphatic heterocycles. The Labute approximate surface area is 220 Å². The molecule has 36 heavy (non-hydrogen) atoms. The number of nitrogens with one attached hydrogen (secondary N) is 2. The highest BCUT2D eigenvalue weighted by molar-refractivity contribution is 8.03. The molecule has 8 heteroatoms. The quantitative estimate of drug-likeness (QED) is 0.373. The largest absolute Gasteiger partial charge is 0.494 e. The van der Waals surface area contributed by atoms with Crippen LogP contribution in [0.15, 0.2) is 63.7 Å². The fourth-order valence-corrected chi connectivity index (χ4v) is 6.27. The maximum Gasteiger partial charge on any atom is 0.234 e. The maximum atomic E-state index is 13.2. The van der Waals surface area contributed by atoms with Gasteiger partial charge in [-0.05, 0) is 41.8 Å². The van der Waals surface area contributed by atoms with Crippen LogP contribution in [0, 0.1) is 16.7 Å². The van der Waals surface area contributed by atoms with Crippen LogP contribution in [-0.4, -0.2) is 24.1 Å². The van der Waals surface area contributed by atoms with Crippen LogP contribution in [0.2, 0.25) is 0 Å². The molecule has 0 saturated carbocycles. The molecule has 1 aliphatic carbocycles. The number of rotatable bonds is 9. The first kappa shape index (κ1) is 26.1. The summed E-state index contributed by atoms with van der Waals surface area (Å²) in [7, 11) is 0. The van der Waals surface area contributed by atoms with Crippen molar-refractivity contribution in [1.82, 2.24) is 5.32 Å². The third-order valence-electron chi connectivity index (χ3n) is 6.19. The van der Waals surface area contributed by atoms with Crippen molar-refractivity contribution in [2.75, 3.05) is 17.7 Å².